The number of benzene rings is 1. The van der Waals surface area contributed by atoms with Gasteiger partial charge in [-0.15, -0.1) is 0 Å². The van der Waals surface area contributed by atoms with Crippen LogP contribution in [0.25, 0.3) is 22.0 Å². The van der Waals surface area contributed by atoms with Gasteiger partial charge in [-0.3, -0.25) is 9.97 Å². The van der Waals surface area contributed by atoms with E-state index >= 15 is 0 Å². The molecule has 0 saturated carbocycles. The summed E-state index contributed by atoms with van der Waals surface area (Å²) in [6.45, 7) is 0. The highest BCUT2D eigenvalue weighted by atomic mass is 16.5. The minimum atomic E-state index is -0.0544. The Morgan fingerprint density at radius 1 is 0.871 bits per heavy atom. The number of nitrogens with zero attached hydrogens (tertiary/aromatic N) is 3. The highest BCUT2D eigenvalue weighted by Crippen LogP contribution is 2.50. The molecule has 1 aliphatic rings. The summed E-state index contributed by atoms with van der Waals surface area (Å²) < 4.78 is 16.9. The van der Waals surface area contributed by atoms with Crippen LogP contribution in [0.15, 0.2) is 49.1 Å². The van der Waals surface area contributed by atoms with Crippen LogP contribution in [0.2, 0.25) is 0 Å². The van der Waals surface area contributed by atoms with Gasteiger partial charge in [0, 0.05) is 52.6 Å². The Labute approximate surface area is 179 Å². The molecule has 156 valence electrons. The summed E-state index contributed by atoms with van der Waals surface area (Å²) in [5.74, 6) is 2.24. The Morgan fingerprint density at radius 3 is 2.42 bits per heavy atom. The van der Waals surface area contributed by atoms with Crippen molar-refractivity contribution >= 4 is 16.6 Å². The molecule has 0 fully saturated rings. The Bertz CT molecular complexity index is 1310. The molecule has 0 spiro atoms. The molecular formula is C24H22N4O3. The van der Waals surface area contributed by atoms with Crippen LogP contribution in [0.5, 0.6) is 17.2 Å². The van der Waals surface area contributed by atoms with Gasteiger partial charge in [-0.1, -0.05) is 6.07 Å². The first-order valence-corrected chi connectivity index (χ1v) is 9.93. The van der Waals surface area contributed by atoms with Crippen molar-refractivity contribution in [3.63, 3.8) is 0 Å². The number of pyridine rings is 3. The van der Waals surface area contributed by atoms with Crippen molar-refractivity contribution in [2.24, 2.45) is 0 Å². The predicted octanol–water partition coefficient (Wildman–Crippen LogP) is 3.99. The van der Waals surface area contributed by atoms with Gasteiger partial charge < -0.3 is 19.9 Å². The second kappa shape index (κ2) is 7.43. The van der Waals surface area contributed by atoms with Gasteiger partial charge in [-0.2, -0.15) is 0 Å². The molecule has 1 atom stereocenters. The van der Waals surface area contributed by atoms with Gasteiger partial charge in [0.25, 0.3) is 0 Å². The number of rotatable bonds is 4. The quantitative estimate of drug-likeness (QED) is 0.540. The zero-order valence-corrected chi connectivity index (χ0v) is 17.5. The summed E-state index contributed by atoms with van der Waals surface area (Å²) in [7, 11) is 4.86. The molecule has 3 aromatic heterocycles. The van der Waals surface area contributed by atoms with Crippen LogP contribution < -0.4 is 19.9 Å². The molecule has 7 nitrogen and oxygen atoms in total. The third kappa shape index (κ3) is 2.84. The molecule has 5 rings (SSSR count). The van der Waals surface area contributed by atoms with Gasteiger partial charge in [0.15, 0.2) is 11.5 Å². The molecule has 3 heterocycles. The second-order valence-electron chi connectivity index (χ2n) is 7.39. The molecule has 31 heavy (non-hydrogen) atoms. The fourth-order valence-corrected chi connectivity index (χ4v) is 4.57. The number of fused-ring (bicyclic) bond motifs is 5. The number of anilines is 1. The number of hydrogen-bond acceptors (Lipinski definition) is 7. The van der Waals surface area contributed by atoms with E-state index < -0.39 is 0 Å². The largest absolute Gasteiger partial charge is 0.493 e. The molecule has 1 aromatic carbocycles. The summed E-state index contributed by atoms with van der Waals surface area (Å²) in [6, 6.07) is 7.82. The standard InChI is InChI=1S/C24H22N4O3/c1-29-19-5-4-15(22(30-2)23(19)31-3)17-10-13-11-26-8-6-14(13)21-20(17)18-12-27-9-7-16(18)24(25)28-21/h4-9,11-12,17H,10H2,1-3H3,(H2,25,28). The Kier molecular flexibility index (Phi) is 4.58. The molecule has 2 N–H and O–H groups in total. The van der Waals surface area contributed by atoms with Crippen molar-refractivity contribution in [1.82, 2.24) is 15.0 Å². The number of ether oxygens (including phenoxy) is 3. The van der Waals surface area contributed by atoms with E-state index in [1.807, 2.05) is 36.7 Å². The predicted molar refractivity (Wildman–Crippen MR) is 119 cm³/mol. The fourth-order valence-electron chi connectivity index (χ4n) is 4.57. The summed E-state index contributed by atoms with van der Waals surface area (Å²) in [5, 5.41) is 1.87. The van der Waals surface area contributed by atoms with E-state index in [1.165, 1.54) is 0 Å². The normalized spacial score (nSPS) is 14.6. The molecule has 0 bridgehead atoms. The van der Waals surface area contributed by atoms with Gasteiger partial charge in [0.2, 0.25) is 5.75 Å². The molecule has 0 amide bonds. The van der Waals surface area contributed by atoms with Crippen LogP contribution in [0.1, 0.15) is 22.6 Å². The SMILES string of the molecule is COc1ccc(C2Cc3cnccc3-c3nc(N)c4ccncc4c32)c(OC)c1OC. The monoisotopic (exact) mass is 414 g/mol. The van der Waals surface area contributed by atoms with Gasteiger partial charge >= 0.3 is 0 Å². The van der Waals surface area contributed by atoms with Gasteiger partial charge in [0.1, 0.15) is 5.82 Å². The molecular weight excluding hydrogens is 392 g/mol. The van der Waals surface area contributed by atoms with E-state index in [0.29, 0.717) is 23.1 Å². The van der Waals surface area contributed by atoms with Crippen molar-refractivity contribution in [3.8, 4) is 28.5 Å². The van der Waals surface area contributed by atoms with Gasteiger partial charge in [-0.05, 0) is 35.7 Å². The van der Waals surface area contributed by atoms with E-state index in [0.717, 1.165) is 45.1 Å². The molecule has 4 aromatic rings. The summed E-state index contributed by atoms with van der Waals surface area (Å²) in [5.41, 5.74) is 11.4. The highest BCUT2D eigenvalue weighted by Gasteiger charge is 2.33. The number of nitrogen functional groups attached to an aromatic ring is 1. The van der Waals surface area contributed by atoms with Crippen LogP contribution in [-0.2, 0) is 6.42 Å². The maximum absolute atomic E-state index is 6.35. The van der Waals surface area contributed by atoms with Crippen LogP contribution in [0, 0.1) is 0 Å². The molecule has 0 saturated heterocycles. The van der Waals surface area contributed by atoms with Crippen molar-refractivity contribution in [2.75, 3.05) is 27.1 Å². The average Bonchev–Trinajstić information content (AvgIpc) is 2.82. The lowest BCUT2D eigenvalue weighted by Crippen LogP contribution is -2.17. The number of methoxy groups -OCH3 is 3. The van der Waals surface area contributed by atoms with Crippen molar-refractivity contribution < 1.29 is 14.2 Å². The lowest BCUT2D eigenvalue weighted by Gasteiger charge is -2.30. The lowest BCUT2D eigenvalue weighted by atomic mass is 9.76. The third-order valence-electron chi connectivity index (χ3n) is 5.92. The zero-order chi connectivity index (χ0) is 21.5. The molecule has 0 aliphatic heterocycles. The zero-order valence-electron chi connectivity index (χ0n) is 17.5. The van der Waals surface area contributed by atoms with Gasteiger partial charge in [0.05, 0.1) is 27.0 Å². The van der Waals surface area contributed by atoms with E-state index in [-0.39, 0.29) is 5.92 Å². The smallest absolute Gasteiger partial charge is 0.203 e. The van der Waals surface area contributed by atoms with Crippen LogP contribution in [-0.4, -0.2) is 36.3 Å². The topological polar surface area (TPSA) is 92.4 Å². The molecule has 7 heteroatoms. The first kappa shape index (κ1) is 19.1. The molecule has 1 unspecified atom stereocenters. The van der Waals surface area contributed by atoms with Crippen molar-refractivity contribution in [2.45, 2.75) is 12.3 Å². The Morgan fingerprint density at radius 2 is 1.65 bits per heavy atom. The Balaban J connectivity index is 1.86. The van der Waals surface area contributed by atoms with E-state index in [1.54, 1.807) is 33.7 Å². The van der Waals surface area contributed by atoms with Crippen molar-refractivity contribution in [1.29, 1.82) is 0 Å². The first-order chi connectivity index (χ1) is 15.2. The van der Waals surface area contributed by atoms with Crippen LogP contribution in [0.4, 0.5) is 5.82 Å². The second-order valence-corrected chi connectivity index (χ2v) is 7.39. The third-order valence-corrected chi connectivity index (χ3v) is 5.92. The summed E-state index contributed by atoms with van der Waals surface area (Å²) in [6.07, 6.45) is 8.00. The van der Waals surface area contributed by atoms with Crippen molar-refractivity contribution in [3.05, 3.63) is 65.7 Å². The van der Waals surface area contributed by atoms with E-state index in [2.05, 4.69) is 9.97 Å². The maximum Gasteiger partial charge on any atom is 0.203 e. The lowest BCUT2D eigenvalue weighted by molar-refractivity contribution is 0.321. The van der Waals surface area contributed by atoms with Crippen LogP contribution >= 0.6 is 0 Å². The number of hydrogen-bond donors (Lipinski definition) is 1. The van der Waals surface area contributed by atoms with Gasteiger partial charge in [-0.25, -0.2) is 4.98 Å². The minimum Gasteiger partial charge on any atom is -0.493 e. The highest BCUT2D eigenvalue weighted by molar-refractivity contribution is 5.98. The summed E-state index contributed by atoms with van der Waals surface area (Å²) >= 11 is 0. The summed E-state index contributed by atoms with van der Waals surface area (Å²) in [4.78, 5) is 13.5. The number of aromatic nitrogens is 3. The van der Waals surface area contributed by atoms with Crippen LogP contribution in [0.3, 0.4) is 0 Å². The van der Waals surface area contributed by atoms with E-state index in [4.69, 9.17) is 24.9 Å². The minimum absolute atomic E-state index is 0.0544. The average molecular weight is 414 g/mol. The maximum atomic E-state index is 6.35. The Hall–Kier alpha value is -3.87. The number of nitrogens with two attached hydrogens (primary N) is 1. The first-order valence-electron chi connectivity index (χ1n) is 9.93. The molecule has 0 radical (unpaired) electrons. The fraction of sp³-hybridized carbons (Fsp3) is 0.208. The molecule has 1 aliphatic carbocycles. The van der Waals surface area contributed by atoms with E-state index in [9.17, 15) is 0 Å².